The molecule has 0 saturated heterocycles. The van der Waals surface area contributed by atoms with Crippen molar-refractivity contribution < 1.29 is 4.74 Å². The lowest BCUT2D eigenvalue weighted by Gasteiger charge is -2.26. The molecule has 0 aromatic heterocycles. The molecule has 228 valence electrons. The van der Waals surface area contributed by atoms with Gasteiger partial charge >= 0.3 is 0 Å². The van der Waals surface area contributed by atoms with Crippen LogP contribution in [0.2, 0.25) is 0 Å². The Balaban J connectivity index is 1.19. The van der Waals surface area contributed by atoms with Crippen molar-refractivity contribution in [2.75, 3.05) is 10.2 Å². The number of rotatable bonds is 6. The van der Waals surface area contributed by atoms with E-state index in [1.54, 1.807) is 0 Å². The molecule has 1 heterocycles. The molecule has 1 N–H and O–H groups in total. The summed E-state index contributed by atoms with van der Waals surface area (Å²) < 4.78 is 6.67. The number of anilines is 4. The van der Waals surface area contributed by atoms with Crippen LogP contribution in [0.25, 0.3) is 43.8 Å². The Kier molecular flexibility index (Phi) is 6.87. The predicted octanol–water partition coefficient (Wildman–Crippen LogP) is 12.3. The zero-order valence-electron chi connectivity index (χ0n) is 26.3. The third kappa shape index (κ3) is 4.94. The molecule has 1 aliphatic rings. The van der Waals surface area contributed by atoms with E-state index in [1.807, 2.05) is 6.07 Å². The summed E-state index contributed by atoms with van der Waals surface area (Å²) in [5, 5.41) is 8.28. The van der Waals surface area contributed by atoms with Gasteiger partial charge in [-0.05, 0) is 75.5 Å². The summed E-state index contributed by atoms with van der Waals surface area (Å²) in [5.74, 6) is 0.898. The Labute approximate surface area is 280 Å². The highest BCUT2D eigenvalue weighted by molar-refractivity contribution is 6.18. The van der Waals surface area contributed by atoms with Gasteiger partial charge in [0.1, 0.15) is 0 Å². The third-order valence-electron chi connectivity index (χ3n) is 9.30. The number of fused-ring (bicyclic) bond motifs is 6. The Hall–Kier alpha value is -6.32. The lowest BCUT2D eigenvalue weighted by molar-refractivity contribution is 0.262. The molecule has 9 rings (SSSR count). The molecular formula is C45H32N2O. The van der Waals surface area contributed by atoms with Crippen molar-refractivity contribution >= 4 is 44.3 Å². The van der Waals surface area contributed by atoms with Gasteiger partial charge in [0.25, 0.3) is 0 Å². The van der Waals surface area contributed by atoms with Crippen molar-refractivity contribution in [3.63, 3.8) is 0 Å². The molecule has 48 heavy (non-hydrogen) atoms. The zero-order chi connectivity index (χ0) is 31.9. The Morgan fingerprint density at radius 3 is 1.46 bits per heavy atom. The van der Waals surface area contributed by atoms with Crippen LogP contribution in [0.4, 0.5) is 22.7 Å². The van der Waals surface area contributed by atoms with E-state index in [2.05, 4.69) is 186 Å². The number of ether oxygens (including phenoxy) is 1. The Morgan fingerprint density at radius 1 is 0.396 bits per heavy atom. The van der Waals surface area contributed by atoms with E-state index in [-0.39, 0.29) is 6.23 Å². The third-order valence-corrected chi connectivity index (χ3v) is 9.30. The van der Waals surface area contributed by atoms with Crippen LogP contribution in [-0.2, 0) is 0 Å². The number of hydrogen-bond acceptors (Lipinski definition) is 3. The summed E-state index contributed by atoms with van der Waals surface area (Å²) in [5.41, 5.74) is 10.2. The van der Waals surface area contributed by atoms with E-state index in [4.69, 9.17) is 4.74 Å². The fourth-order valence-electron chi connectivity index (χ4n) is 6.92. The zero-order valence-corrected chi connectivity index (χ0v) is 26.3. The summed E-state index contributed by atoms with van der Waals surface area (Å²) in [7, 11) is 0. The van der Waals surface area contributed by atoms with Gasteiger partial charge in [0.2, 0.25) is 0 Å². The van der Waals surface area contributed by atoms with Crippen LogP contribution in [0.3, 0.4) is 0 Å². The Bertz CT molecular complexity index is 2290. The van der Waals surface area contributed by atoms with Crippen molar-refractivity contribution in [2.24, 2.45) is 0 Å². The molecule has 0 fully saturated rings. The molecule has 0 amide bonds. The summed E-state index contributed by atoms with van der Waals surface area (Å²) in [4.78, 5) is 2.34. The lowest BCUT2D eigenvalue weighted by Crippen LogP contribution is -2.10. The van der Waals surface area contributed by atoms with Gasteiger partial charge in [-0.25, -0.2) is 0 Å². The number of nitrogens with zero attached hydrogens (tertiary/aromatic N) is 1. The highest BCUT2D eigenvalue weighted by atomic mass is 16.5. The standard InChI is InChI=1S/C45H32N2O/c1-4-12-31(13-5-1)33-20-24-36(25-21-33)47(37-26-22-34(23-27-37)32-14-6-2-7-15-32)38-28-29-41-42(30-38)39-18-10-11-19-40(39)43-44(41)48-45(46-43)35-16-8-3-9-17-35/h1-30,45-46H. The SMILES string of the molecule is c1ccc(-c2ccc(N(c3ccc(-c4ccccc4)cc3)c3ccc4c5c(c6ccccc6c4c3)NC(c3ccccc3)O5)cc2)cc1. The smallest absolute Gasteiger partial charge is 0.196 e. The molecule has 1 unspecified atom stereocenters. The first-order valence-electron chi connectivity index (χ1n) is 16.4. The van der Waals surface area contributed by atoms with Gasteiger partial charge in [-0.1, -0.05) is 140 Å². The van der Waals surface area contributed by atoms with Gasteiger partial charge < -0.3 is 15.0 Å². The molecule has 0 radical (unpaired) electrons. The summed E-state index contributed by atoms with van der Waals surface area (Å²) in [6.45, 7) is 0. The maximum atomic E-state index is 6.67. The second-order valence-electron chi connectivity index (χ2n) is 12.2. The van der Waals surface area contributed by atoms with Crippen LogP contribution in [0.5, 0.6) is 5.75 Å². The summed E-state index contributed by atoms with van der Waals surface area (Å²) in [6, 6.07) is 64.5. The van der Waals surface area contributed by atoms with Crippen LogP contribution in [0, 0.1) is 0 Å². The summed E-state index contributed by atoms with van der Waals surface area (Å²) in [6.07, 6.45) is -0.238. The van der Waals surface area contributed by atoms with Crippen molar-refractivity contribution in [1.82, 2.24) is 0 Å². The maximum Gasteiger partial charge on any atom is 0.196 e. The highest BCUT2D eigenvalue weighted by Crippen LogP contribution is 2.50. The van der Waals surface area contributed by atoms with Gasteiger partial charge in [-0.15, -0.1) is 0 Å². The topological polar surface area (TPSA) is 24.5 Å². The van der Waals surface area contributed by atoms with E-state index < -0.39 is 0 Å². The molecule has 0 aliphatic carbocycles. The first-order chi connectivity index (χ1) is 23.8. The molecule has 8 aromatic carbocycles. The minimum absolute atomic E-state index is 0.238. The van der Waals surface area contributed by atoms with Crippen molar-refractivity contribution in [1.29, 1.82) is 0 Å². The molecule has 0 spiro atoms. The molecule has 1 aliphatic heterocycles. The van der Waals surface area contributed by atoms with Crippen molar-refractivity contribution in [2.45, 2.75) is 6.23 Å². The molecular weight excluding hydrogens is 585 g/mol. The van der Waals surface area contributed by atoms with Crippen LogP contribution in [0.15, 0.2) is 182 Å². The minimum atomic E-state index is -0.238. The van der Waals surface area contributed by atoms with E-state index in [9.17, 15) is 0 Å². The number of benzene rings is 8. The molecule has 0 saturated carbocycles. The molecule has 3 nitrogen and oxygen atoms in total. The van der Waals surface area contributed by atoms with E-state index in [0.717, 1.165) is 50.2 Å². The van der Waals surface area contributed by atoms with Crippen LogP contribution in [-0.4, -0.2) is 0 Å². The number of nitrogens with one attached hydrogen (secondary N) is 1. The number of hydrogen-bond donors (Lipinski definition) is 1. The highest BCUT2D eigenvalue weighted by Gasteiger charge is 2.28. The second-order valence-corrected chi connectivity index (χ2v) is 12.2. The van der Waals surface area contributed by atoms with E-state index in [0.29, 0.717) is 0 Å². The largest absolute Gasteiger partial charge is 0.464 e. The van der Waals surface area contributed by atoms with Gasteiger partial charge in [0, 0.05) is 33.4 Å². The van der Waals surface area contributed by atoms with Gasteiger partial charge in [0.15, 0.2) is 12.0 Å². The minimum Gasteiger partial charge on any atom is -0.464 e. The van der Waals surface area contributed by atoms with E-state index in [1.165, 1.54) is 27.6 Å². The predicted molar refractivity (Wildman–Crippen MR) is 200 cm³/mol. The normalized spacial score (nSPS) is 13.5. The quantitative estimate of drug-likeness (QED) is 0.188. The lowest BCUT2D eigenvalue weighted by atomic mass is 9.98. The van der Waals surface area contributed by atoms with E-state index >= 15 is 0 Å². The molecule has 1 atom stereocenters. The fraction of sp³-hybridized carbons (Fsp3) is 0.0222. The molecule has 3 heteroatoms. The van der Waals surface area contributed by atoms with Crippen molar-refractivity contribution in [3.8, 4) is 28.0 Å². The summed E-state index contributed by atoms with van der Waals surface area (Å²) >= 11 is 0. The maximum absolute atomic E-state index is 6.67. The molecule has 8 aromatic rings. The van der Waals surface area contributed by atoms with Crippen LogP contribution >= 0.6 is 0 Å². The fourth-order valence-corrected chi connectivity index (χ4v) is 6.92. The van der Waals surface area contributed by atoms with Gasteiger partial charge in [0.05, 0.1) is 5.69 Å². The van der Waals surface area contributed by atoms with Crippen LogP contribution in [0.1, 0.15) is 11.8 Å². The molecule has 0 bridgehead atoms. The Morgan fingerprint density at radius 2 is 0.875 bits per heavy atom. The first-order valence-corrected chi connectivity index (χ1v) is 16.4. The second kappa shape index (κ2) is 11.8. The van der Waals surface area contributed by atoms with Gasteiger partial charge in [-0.3, -0.25) is 0 Å². The van der Waals surface area contributed by atoms with Crippen LogP contribution < -0.4 is 15.0 Å². The average molecular weight is 617 g/mol. The van der Waals surface area contributed by atoms with Crippen molar-refractivity contribution in [3.05, 3.63) is 188 Å². The monoisotopic (exact) mass is 616 g/mol. The van der Waals surface area contributed by atoms with Gasteiger partial charge in [-0.2, -0.15) is 0 Å². The average Bonchev–Trinajstić information content (AvgIpc) is 3.63. The first kappa shape index (κ1) is 27.9.